The largest absolute Gasteiger partial charge is 0.456 e. The Bertz CT molecular complexity index is 2960. The van der Waals surface area contributed by atoms with Gasteiger partial charge in [-0.25, -0.2) is 0 Å². The van der Waals surface area contributed by atoms with Crippen LogP contribution in [0.2, 0.25) is 0 Å². The summed E-state index contributed by atoms with van der Waals surface area (Å²) in [5.74, 6) is 0. The van der Waals surface area contributed by atoms with Gasteiger partial charge in [0.05, 0.1) is 0 Å². The highest BCUT2D eigenvalue weighted by Crippen LogP contribution is 2.49. The van der Waals surface area contributed by atoms with Crippen molar-refractivity contribution < 1.29 is 4.42 Å². The lowest BCUT2D eigenvalue weighted by molar-refractivity contribution is 0.669. The van der Waals surface area contributed by atoms with Crippen molar-refractivity contribution in [3.8, 4) is 55.6 Å². The molecule has 0 N–H and O–H groups in total. The quantitative estimate of drug-likeness (QED) is 0.192. The van der Waals surface area contributed by atoms with Gasteiger partial charge in [-0.05, 0) is 124 Å². The Morgan fingerprint density at radius 1 is 0.265 bits per heavy atom. The highest BCUT2D eigenvalue weighted by atomic mass is 16.3. The predicted octanol–water partition coefficient (Wildman–Crippen LogP) is 13.7. The fourth-order valence-corrected chi connectivity index (χ4v) is 8.26. The minimum Gasteiger partial charge on any atom is -0.456 e. The molecule has 1 heterocycles. The average molecular weight is 621 g/mol. The summed E-state index contributed by atoms with van der Waals surface area (Å²) in [4.78, 5) is 0. The summed E-state index contributed by atoms with van der Waals surface area (Å²) in [5.41, 5.74) is 14.5. The van der Waals surface area contributed by atoms with E-state index in [1.54, 1.807) is 0 Å². The Morgan fingerprint density at radius 2 is 0.776 bits per heavy atom. The van der Waals surface area contributed by atoms with E-state index in [1.165, 1.54) is 88.0 Å². The molecule has 11 rings (SSSR count). The molecule has 0 amide bonds. The fourth-order valence-electron chi connectivity index (χ4n) is 8.26. The summed E-state index contributed by atoms with van der Waals surface area (Å²) < 4.78 is 6.33. The van der Waals surface area contributed by atoms with Crippen LogP contribution in [0.15, 0.2) is 174 Å². The van der Waals surface area contributed by atoms with E-state index < -0.39 is 0 Å². The average Bonchev–Trinajstić information content (AvgIpc) is 3.70. The Balaban J connectivity index is 1.02. The highest BCUT2D eigenvalue weighted by molar-refractivity contribution is 6.19. The maximum atomic E-state index is 6.33. The lowest BCUT2D eigenvalue weighted by atomic mass is 9.92. The summed E-state index contributed by atoms with van der Waals surface area (Å²) in [5, 5.41) is 9.92. The summed E-state index contributed by atoms with van der Waals surface area (Å²) in [6.07, 6.45) is 0. The number of hydrogen-bond acceptors (Lipinski definition) is 1. The topological polar surface area (TPSA) is 13.1 Å². The maximum Gasteiger partial charge on any atom is 0.135 e. The van der Waals surface area contributed by atoms with Crippen molar-refractivity contribution >= 4 is 54.3 Å². The van der Waals surface area contributed by atoms with E-state index in [0.29, 0.717) is 0 Å². The van der Waals surface area contributed by atoms with Gasteiger partial charge in [-0.2, -0.15) is 0 Å². The third kappa shape index (κ3) is 3.94. The Hall–Kier alpha value is -6.44. The molecule has 1 aliphatic rings. The van der Waals surface area contributed by atoms with Crippen molar-refractivity contribution in [2.75, 3.05) is 0 Å². The zero-order valence-electron chi connectivity index (χ0n) is 26.6. The molecule has 9 aromatic carbocycles. The molecule has 49 heavy (non-hydrogen) atoms. The second kappa shape index (κ2) is 10.0. The van der Waals surface area contributed by atoms with E-state index in [2.05, 4.69) is 170 Å². The van der Waals surface area contributed by atoms with Gasteiger partial charge >= 0.3 is 0 Å². The van der Waals surface area contributed by atoms with E-state index in [-0.39, 0.29) is 0 Å². The lowest BCUT2D eigenvalue weighted by Gasteiger charge is -2.11. The molecule has 0 unspecified atom stereocenters. The van der Waals surface area contributed by atoms with Gasteiger partial charge in [0.2, 0.25) is 0 Å². The van der Waals surface area contributed by atoms with Crippen LogP contribution in [0.3, 0.4) is 0 Å². The van der Waals surface area contributed by atoms with Crippen LogP contribution in [0, 0.1) is 0 Å². The van der Waals surface area contributed by atoms with Gasteiger partial charge < -0.3 is 4.42 Å². The molecule has 0 radical (unpaired) electrons. The van der Waals surface area contributed by atoms with Crippen LogP contribution >= 0.6 is 0 Å². The van der Waals surface area contributed by atoms with Gasteiger partial charge in [-0.3, -0.25) is 0 Å². The summed E-state index contributed by atoms with van der Waals surface area (Å²) in [6.45, 7) is 0. The van der Waals surface area contributed by atoms with Gasteiger partial charge in [0.15, 0.2) is 0 Å². The molecule has 0 aliphatic heterocycles. The molecule has 1 heteroatoms. The van der Waals surface area contributed by atoms with Gasteiger partial charge in [0.25, 0.3) is 0 Å². The molecule has 0 fully saturated rings. The third-order valence-corrected chi connectivity index (χ3v) is 10.6. The van der Waals surface area contributed by atoms with E-state index in [1.807, 2.05) is 0 Å². The Labute approximate surface area is 283 Å². The molecular weight excluding hydrogens is 593 g/mol. The molecule has 0 atom stereocenters. The second-order valence-electron chi connectivity index (χ2n) is 13.3. The van der Waals surface area contributed by atoms with Crippen molar-refractivity contribution in [2.24, 2.45) is 0 Å². The first-order valence-electron chi connectivity index (χ1n) is 16.9. The van der Waals surface area contributed by atoms with Gasteiger partial charge in [-0.1, -0.05) is 133 Å². The SMILES string of the molecule is c1ccc2c(c1)-c1cccc3c(-c4ccc5ccc(-c6ccc7oc8ccc(-c9cccc%10ccccc9%10)cc8c7c6)cc5c4)ccc-2c13. The van der Waals surface area contributed by atoms with Crippen LogP contribution in [0.25, 0.3) is 110 Å². The van der Waals surface area contributed by atoms with Crippen molar-refractivity contribution in [2.45, 2.75) is 0 Å². The molecular formula is C48H28O. The molecule has 0 bridgehead atoms. The van der Waals surface area contributed by atoms with Crippen LogP contribution in [-0.2, 0) is 0 Å². The summed E-state index contributed by atoms with van der Waals surface area (Å²) in [6, 6.07) is 62.1. The standard InChI is InChI=1S/C48H28O/c1-2-9-36-30(7-1)8-5-12-37(36)34-20-24-47-45(28-34)44-27-32(19-23-46(44)49-47)31-17-15-29-16-18-33(26-35(29)25-31)38-21-22-43-40-11-4-3-10-39(40)42-14-6-13-41(38)48(42)43/h1-28H. The first kappa shape index (κ1) is 26.6. The smallest absolute Gasteiger partial charge is 0.135 e. The van der Waals surface area contributed by atoms with Gasteiger partial charge in [0, 0.05) is 10.8 Å². The second-order valence-corrected chi connectivity index (χ2v) is 13.3. The van der Waals surface area contributed by atoms with Crippen LogP contribution in [0.4, 0.5) is 0 Å². The van der Waals surface area contributed by atoms with E-state index in [9.17, 15) is 0 Å². The monoisotopic (exact) mass is 620 g/mol. The van der Waals surface area contributed by atoms with Crippen molar-refractivity contribution in [3.05, 3.63) is 170 Å². The maximum absolute atomic E-state index is 6.33. The van der Waals surface area contributed by atoms with Gasteiger partial charge in [0.1, 0.15) is 11.2 Å². The number of hydrogen-bond donors (Lipinski definition) is 0. The number of benzene rings is 9. The first-order valence-corrected chi connectivity index (χ1v) is 16.9. The summed E-state index contributed by atoms with van der Waals surface area (Å²) >= 11 is 0. The van der Waals surface area contributed by atoms with Crippen LogP contribution < -0.4 is 0 Å². The minimum absolute atomic E-state index is 0.908. The van der Waals surface area contributed by atoms with Crippen molar-refractivity contribution in [1.82, 2.24) is 0 Å². The molecule has 1 aromatic heterocycles. The van der Waals surface area contributed by atoms with Crippen LogP contribution in [0.1, 0.15) is 0 Å². The highest BCUT2D eigenvalue weighted by Gasteiger charge is 2.22. The molecule has 10 aromatic rings. The third-order valence-electron chi connectivity index (χ3n) is 10.6. The molecule has 226 valence electrons. The molecule has 1 aliphatic carbocycles. The first-order chi connectivity index (χ1) is 24.3. The Morgan fingerprint density at radius 3 is 1.63 bits per heavy atom. The minimum atomic E-state index is 0.908. The number of rotatable bonds is 3. The van der Waals surface area contributed by atoms with Crippen LogP contribution in [0.5, 0.6) is 0 Å². The van der Waals surface area contributed by atoms with Gasteiger partial charge in [-0.15, -0.1) is 0 Å². The number of fused-ring (bicyclic) bond motifs is 8. The molecule has 0 saturated carbocycles. The molecule has 0 spiro atoms. The van der Waals surface area contributed by atoms with E-state index in [4.69, 9.17) is 4.42 Å². The van der Waals surface area contributed by atoms with Crippen molar-refractivity contribution in [3.63, 3.8) is 0 Å². The molecule has 0 saturated heterocycles. The zero-order chi connectivity index (χ0) is 32.1. The molecule has 1 nitrogen and oxygen atoms in total. The van der Waals surface area contributed by atoms with E-state index in [0.717, 1.165) is 21.9 Å². The Kier molecular flexibility index (Phi) is 5.45. The fraction of sp³-hybridized carbons (Fsp3) is 0. The normalized spacial score (nSPS) is 12.1. The zero-order valence-corrected chi connectivity index (χ0v) is 26.6. The van der Waals surface area contributed by atoms with Crippen molar-refractivity contribution in [1.29, 1.82) is 0 Å². The summed E-state index contributed by atoms with van der Waals surface area (Å²) in [7, 11) is 0. The lowest BCUT2D eigenvalue weighted by Crippen LogP contribution is -1.85. The number of furan rings is 1. The van der Waals surface area contributed by atoms with E-state index >= 15 is 0 Å². The predicted molar refractivity (Wildman–Crippen MR) is 207 cm³/mol. The van der Waals surface area contributed by atoms with Crippen LogP contribution in [-0.4, -0.2) is 0 Å².